The highest BCUT2D eigenvalue weighted by Gasteiger charge is 2.27. The molecule has 0 bridgehead atoms. The number of carbonyl (C=O) groups is 2. The molecule has 0 aliphatic carbocycles. The van der Waals surface area contributed by atoms with Crippen molar-refractivity contribution in [2.75, 3.05) is 18.4 Å². The molecule has 1 aromatic rings. The third-order valence-corrected chi connectivity index (χ3v) is 4.28. The third-order valence-electron chi connectivity index (χ3n) is 3.62. The summed E-state index contributed by atoms with van der Waals surface area (Å²) < 4.78 is 0.880. The number of amides is 2. The number of aryl methyl sites for hydroxylation is 1. The number of carbonyl (C=O) groups excluding carboxylic acids is 2. The quantitative estimate of drug-likeness (QED) is 0.901. The molecule has 4 nitrogen and oxygen atoms in total. The molecule has 0 radical (unpaired) electrons. The van der Waals surface area contributed by atoms with Gasteiger partial charge in [-0.25, -0.2) is 0 Å². The van der Waals surface area contributed by atoms with E-state index in [4.69, 9.17) is 0 Å². The Labute approximate surface area is 127 Å². The van der Waals surface area contributed by atoms with Gasteiger partial charge in [0.25, 0.3) is 0 Å². The molecule has 1 aliphatic heterocycles. The largest absolute Gasteiger partial charge is 0.342 e. The second-order valence-electron chi connectivity index (χ2n) is 5.28. The van der Waals surface area contributed by atoms with E-state index in [9.17, 15) is 9.59 Å². The average molecular weight is 339 g/mol. The lowest BCUT2D eigenvalue weighted by atomic mass is 9.97. The lowest BCUT2D eigenvalue weighted by molar-refractivity contribution is -0.132. The summed E-state index contributed by atoms with van der Waals surface area (Å²) in [5.74, 6) is -0.0969. The summed E-state index contributed by atoms with van der Waals surface area (Å²) in [4.78, 5) is 25.5. The van der Waals surface area contributed by atoms with Crippen LogP contribution in [-0.4, -0.2) is 29.8 Å². The number of halogens is 1. The van der Waals surface area contributed by atoms with Gasteiger partial charge in [-0.3, -0.25) is 9.59 Å². The Morgan fingerprint density at radius 3 is 2.80 bits per heavy atom. The molecule has 1 unspecified atom stereocenters. The molecule has 2 rings (SSSR count). The number of nitrogens with zero attached hydrogens (tertiary/aromatic N) is 1. The highest BCUT2D eigenvalue weighted by molar-refractivity contribution is 9.10. The normalized spacial score (nSPS) is 18.8. The maximum atomic E-state index is 12.3. The molecule has 1 atom stereocenters. The summed E-state index contributed by atoms with van der Waals surface area (Å²) in [6.07, 6.45) is 1.71. The minimum Gasteiger partial charge on any atom is -0.342 e. The summed E-state index contributed by atoms with van der Waals surface area (Å²) in [7, 11) is 0. The number of rotatable bonds is 2. The molecular weight excluding hydrogens is 320 g/mol. The van der Waals surface area contributed by atoms with Gasteiger partial charge in [-0.05, 0) is 53.4 Å². The van der Waals surface area contributed by atoms with Crippen LogP contribution in [0, 0.1) is 12.8 Å². The monoisotopic (exact) mass is 338 g/mol. The smallest absolute Gasteiger partial charge is 0.229 e. The lowest BCUT2D eigenvalue weighted by Gasteiger charge is -2.31. The van der Waals surface area contributed by atoms with Gasteiger partial charge >= 0.3 is 0 Å². The SMILES string of the molecule is CC(=O)N1CCCC(C(=O)Nc2ccc(C)cc2Br)C1. The van der Waals surface area contributed by atoms with Gasteiger partial charge in [0.15, 0.2) is 0 Å². The van der Waals surface area contributed by atoms with Gasteiger partial charge in [-0.1, -0.05) is 6.07 Å². The fourth-order valence-electron chi connectivity index (χ4n) is 2.43. The van der Waals surface area contributed by atoms with Crippen LogP contribution in [0.3, 0.4) is 0 Å². The molecule has 1 aromatic carbocycles. The molecular formula is C15H19BrN2O2. The van der Waals surface area contributed by atoms with Gasteiger partial charge in [-0.15, -0.1) is 0 Å². The second-order valence-corrected chi connectivity index (χ2v) is 6.13. The van der Waals surface area contributed by atoms with Crippen molar-refractivity contribution in [3.05, 3.63) is 28.2 Å². The number of likely N-dealkylation sites (tertiary alicyclic amines) is 1. The Kier molecular flexibility index (Phi) is 4.81. The first-order valence-corrected chi connectivity index (χ1v) is 7.59. The van der Waals surface area contributed by atoms with Gasteiger partial charge in [0.1, 0.15) is 0 Å². The topological polar surface area (TPSA) is 49.4 Å². The van der Waals surface area contributed by atoms with E-state index in [1.165, 1.54) is 0 Å². The van der Waals surface area contributed by atoms with Crippen LogP contribution in [0.2, 0.25) is 0 Å². The van der Waals surface area contributed by atoms with Gasteiger partial charge in [-0.2, -0.15) is 0 Å². The molecule has 5 heteroatoms. The zero-order chi connectivity index (χ0) is 14.7. The first kappa shape index (κ1) is 15.0. The highest BCUT2D eigenvalue weighted by atomic mass is 79.9. The average Bonchev–Trinajstić information content (AvgIpc) is 2.42. The maximum Gasteiger partial charge on any atom is 0.229 e. The number of piperidine rings is 1. The van der Waals surface area contributed by atoms with Crippen molar-refractivity contribution >= 4 is 33.4 Å². The third kappa shape index (κ3) is 3.60. The predicted molar refractivity (Wildman–Crippen MR) is 82.5 cm³/mol. The zero-order valence-electron chi connectivity index (χ0n) is 11.8. The van der Waals surface area contributed by atoms with Crippen LogP contribution in [0.4, 0.5) is 5.69 Å². The second kappa shape index (κ2) is 6.39. The maximum absolute atomic E-state index is 12.3. The summed E-state index contributed by atoms with van der Waals surface area (Å²) in [5, 5.41) is 2.94. The number of hydrogen-bond acceptors (Lipinski definition) is 2. The Hall–Kier alpha value is -1.36. The van der Waals surface area contributed by atoms with E-state index in [-0.39, 0.29) is 17.7 Å². The molecule has 0 aromatic heterocycles. The van der Waals surface area contributed by atoms with Crippen molar-refractivity contribution in [1.29, 1.82) is 0 Å². The summed E-state index contributed by atoms with van der Waals surface area (Å²) in [6.45, 7) is 4.83. The van der Waals surface area contributed by atoms with Crippen LogP contribution in [0.15, 0.2) is 22.7 Å². The molecule has 108 valence electrons. The van der Waals surface area contributed by atoms with Crippen molar-refractivity contribution in [3.63, 3.8) is 0 Å². The summed E-state index contributed by atoms with van der Waals surface area (Å²) >= 11 is 3.46. The van der Waals surface area contributed by atoms with Crippen LogP contribution in [0.25, 0.3) is 0 Å². The fourth-order valence-corrected chi connectivity index (χ4v) is 3.03. The Bertz CT molecular complexity index is 531. The highest BCUT2D eigenvalue weighted by Crippen LogP contribution is 2.25. The van der Waals surface area contributed by atoms with Crippen molar-refractivity contribution in [1.82, 2.24) is 4.90 Å². The van der Waals surface area contributed by atoms with Gasteiger partial charge in [0.05, 0.1) is 11.6 Å². The zero-order valence-corrected chi connectivity index (χ0v) is 13.4. The lowest BCUT2D eigenvalue weighted by Crippen LogP contribution is -2.42. The molecule has 2 amide bonds. The van der Waals surface area contributed by atoms with E-state index in [0.717, 1.165) is 35.1 Å². The van der Waals surface area contributed by atoms with E-state index in [1.807, 2.05) is 25.1 Å². The Balaban J connectivity index is 2.02. The summed E-state index contributed by atoms with van der Waals surface area (Å²) in [6, 6.07) is 5.82. The van der Waals surface area contributed by atoms with Crippen molar-refractivity contribution < 1.29 is 9.59 Å². The van der Waals surface area contributed by atoms with E-state index in [1.54, 1.807) is 11.8 Å². The molecule has 1 heterocycles. The number of hydrogen-bond donors (Lipinski definition) is 1. The van der Waals surface area contributed by atoms with Crippen molar-refractivity contribution in [2.24, 2.45) is 5.92 Å². The van der Waals surface area contributed by atoms with Gasteiger partial charge in [0, 0.05) is 24.5 Å². The first-order chi connectivity index (χ1) is 9.47. The summed E-state index contributed by atoms with van der Waals surface area (Å²) in [5.41, 5.74) is 1.91. The minimum atomic E-state index is -0.124. The number of nitrogens with one attached hydrogen (secondary N) is 1. The number of anilines is 1. The van der Waals surface area contributed by atoms with E-state index >= 15 is 0 Å². The molecule has 1 saturated heterocycles. The van der Waals surface area contributed by atoms with Gasteiger partial charge < -0.3 is 10.2 Å². The van der Waals surface area contributed by atoms with Crippen LogP contribution in [-0.2, 0) is 9.59 Å². The van der Waals surface area contributed by atoms with Crippen molar-refractivity contribution in [2.45, 2.75) is 26.7 Å². The van der Waals surface area contributed by atoms with Crippen molar-refractivity contribution in [3.8, 4) is 0 Å². The minimum absolute atomic E-state index is 0.0134. The predicted octanol–water partition coefficient (Wildman–Crippen LogP) is 2.95. The van der Waals surface area contributed by atoms with E-state index in [2.05, 4.69) is 21.2 Å². The molecule has 20 heavy (non-hydrogen) atoms. The Morgan fingerprint density at radius 1 is 1.40 bits per heavy atom. The molecule has 0 saturated carbocycles. The van der Waals surface area contributed by atoms with Crippen LogP contribution in [0.5, 0.6) is 0 Å². The Morgan fingerprint density at radius 2 is 2.15 bits per heavy atom. The van der Waals surface area contributed by atoms with E-state index < -0.39 is 0 Å². The fraction of sp³-hybridized carbons (Fsp3) is 0.467. The number of benzene rings is 1. The molecule has 0 spiro atoms. The standard InChI is InChI=1S/C15H19BrN2O2/c1-10-5-6-14(13(16)8-10)17-15(20)12-4-3-7-18(9-12)11(2)19/h5-6,8,12H,3-4,7,9H2,1-2H3,(H,17,20). The van der Waals surface area contributed by atoms with Gasteiger partial charge in [0.2, 0.25) is 11.8 Å². The first-order valence-electron chi connectivity index (χ1n) is 6.80. The van der Waals surface area contributed by atoms with Crippen LogP contribution in [0.1, 0.15) is 25.3 Å². The molecule has 1 fully saturated rings. The van der Waals surface area contributed by atoms with Crippen LogP contribution >= 0.6 is 15.9 Å². The van der Waals surface area contributed by atoms with Crippen LogP contribution < -0.4 is 5.32 Å². The molecule has 1 N–H and O–H groups in total. The molecule has 1 aliphatic rings. The van der Waals surface area contributed by atoms with E-state index in [0.29, 0.717) is 6.54 Å².